The van der Waals surface area contributed by atoms with Crippen molar-refractivity contribution in [3.05, 3.63) is 63.7 Å². The highest BCUT2D eigenvalue weighted by Crippen LogP contribution is 2.31. The van der Waals surface area contributed by atoms with Crippen LogP contribution in [0.5, 0.6) is 0 Å². The Hall–Kier alpha value is -3.03. The van der Waals surface area contributed by atoms with Crippen LogP contribution in [0.2, 0.25) is 0 Å². The highest BCUT2D eigenvalue weighted by Gasteiger charge is 2.25. The summed E-state index contributed by atoms with van der Waals surface area (Å²) in [6.45, 7) is 0. The first-order chi connectivity index (χ1) is 11.5. The number of para-hydroxylation sites is 1. The number of amides is 1. The first kappa shape index (κ1) is 15.9. The lowest BCUT2D eigenvalue weighted by atomic mass is 10.1. The monoisotopic (exact) mass is 333 g/mol. The van der Waals surface area contributed by atoms with E-state index in [4.69, 9.17) is 0 Å². The van der Waals surface area contributed by atoms with Gasteiger partial charge in [0.15, 0.2) is 0 Å². The van der Waals surface area contributed by atoms with Gasteiger partial charge in [0.25, 0.3) is 11.6 Å². The van der Waals surface area contributed by atoms with Crippen LogP contribution >= 0.6 is 0 Å². The van der Waals surface area contributed by atoms with Gasteiger partial charge in [-0.05, 0) is 37.1 Å². The standard InChI is InChI=1S/C16H13F2N3O3/c17-11-2-1-3-12(18)15(11)20-16(22)9-4-7-13(19-10-5-6-10)14(8-9)21(23)24/h1-4,7-8,10,19H,5-6H2,(H,20,22). The molecule has 124 valence electrons. The zero-order chi connectivity index (χ0) is 17.3. The van der Waals surface area contributed by atoms with Crippen LogP contribution in [0.25, 0.3) is 0 Å². The number of halogens is 2. The van der Waals surface area contributed by atoms with Gasteiger partial charge in [0.05, 0.1) is 4.92 Å². The van der Waals surface area contributed by atoms with Crippen LogP contribution in [-0.4, -0.2) is 16.9 Å². The maximum absolute atomic E-state index is 13.6. The lowest BCUT2D eigenvalue weighted by Gasteiger charge is -2.09. The number of nitrogens with one attached hydrogen (secondary N) is 2. The molecule has 0 bridgehead atoms. The lowest BCUT2D eigenvalue weighted by molar-refractivity contribution is -0.384. The quantitative estimate of drug-likeness (QED) is 0.645. The van der Waals surface area contributed by atoms with Crippen molar-refractivity contribution in [3.8, 4) is 0 Å². The fourth-order valence-corrected chi connectivity index (χ4v) is 2.20. The summed E-state index contributed by atoms with van der Waals surface area (Å²) in [5, 5.41) is 16.3. The molecule has 8 heteroatoms. The van der Waals surface area contributed by atoms with Crippen molar-refractivity contribution in [2.75, 3.05) is 10.6 Å². The van der Waals surface area contributed by atoms with E-state index in [0.29, 0.717) is 5.69 Å². The van der Waals surface area contributed by atoms with Crippen LogP contribution in [-0.2, 0) is 0 Å². The number of hydrogen-bond acceptors (Lipinski definition) is 4. The van der Waals surface area contributed by atoms with Crippen molar-refractivity contribution in [2.45, 2.75) is 18.9 Å². The summed E-state index contributed by atoms with van der Waals surface area (Å²) in [6, 6.07) is 7.25. The molecule has 0 aliphatic heterocycles. The molecule has 0 spiro atoms. The van der Waals surface area contributed by atoms with E-state index in [2.05, 4.69) is 10.6 Å². The summed E-state index contributed by atoms with van der Waals surface area (Å²) in [5.74, 6) is -2.69. The number of carbonyl (C=O) groups is 1. The van der Waals surface area contributed by atoms with Crippen LogP contribution in [0, 0.1) is 21.7 Å². The van der Waals surface area contributed by atoms with Crippen LogP contribution < -0.4 is 10.6 Å². The second kappa shape index (κ2) is 6.23. The highest BCUT2D eigenvalue weighted by molar-refractivity contribution is 6.05. The first-order valence-corrected chi connectivity index (χ1v) is 7.26. The Kier molecular flexibility index (Phi) is 4.11. The minimum Gasteiger partial charge on any atom is -0.377 e. The zero-order valence-corrected chi connectivity index (χ0v) is 12.4. The fourth-order valence-electron chi connectivity index (χ4n) is 2.20. The predicted octanol–water partition coefficient (Wildman–Crippen LogP) is 3.70. The zero-order valence-electron chi connectivity index (χ0n) is 12.4. The van der Waals surface area contributed by atoms with Crippen LogP contribution in [0.15, 0.2) is 36.4 Å². The van der Waals surface area contributed by atoms with E-state index < -0.39 is 28.2 Å². The number of nitrogens with zero attached hydrogens (tertiary/aromatic N) is 1. The van der Waals surface area contributed by atoms with E-state index in [1.54, 1.807) is 0 Å². The van der Waals surface area contributed by atoms with Gasteiger partial charge in [-0.2, -0.15) is 0 Å². The Morgan fingerprint density at radius 3 is 2.42 bits per heavy atom. The third-order valence-electron chi connectivity index (χ3n) is 3.59. The van der Waals surface area contributed by atoms with Gasteiger partial charge in [0.1, 0.15) is 23.0 Å². The van der Waals surface area contributed by atoms with E-state index >= 15 is 0 Å². The number of rotatable bonds is 5. The van der Waals surface area contributed by atoms with Gasteiger partial charge in [-0.1, -0.05) is 6.07 Å². The Balaban J connectivity index is 1.87. The third kappa shape index (κ3) is 3.32. The van der Waals surface area contributed by atoms with Crippen LogP contribution in [0.3, 0.4) is 0 Å². The molecule has 0 heterocycles. The van der Waals surface area contributed by atoms with Gasteiger partial charge in [-0.3, -0.25) is 14.9 Å². The molecular weight excluding hydrogens is 320 g/mol. The van der Waals surface area contributed by atoms with Gasteiger partial charge >= 0.3 is 0 Å². The second-order valence-electron chi connectivity index (χ2n) is 5.46. The van der Waals surface area contributed by atoms with Gasteiger partial charge < -0.3 is 10.6 Å². The third-order valence-corrected chi connectivity index (χ3v) is 3.59. The number of benzene rings is 2. The molecule has 1 aliphatic rings. The summed E-state index contributed by atoms with van der Waals surface area (Å²) in [6.07, 6.45) is 1.87. The minimum atomic E-state index is -0.926. The molecule has 6 nitrogen and oxygen atoms in total. The summed E-state index contributed by atoms with van der Waals surface area (Å²) in [5.41, 5.74) is -0.601. The molecule has 1 saturated carbocycles. The predicted molar refractivity (Wildman–Crippen MR) is 84.1 cm³/mol. The van der Waals surface area contributed by atoms with Crippen molar-refractivity contribution in [1.82, 2.24) is 0 Å². The SMILES string of the molecule is O=C(Nc1c(F)cccc1F)c1ccc(NC2CC2)c([N+](=O)[O-])c1. The number of anilines is 2. The Morgan fingerprint density at radius 1 is 1.17 bits per heavy atom. The number of nitro groups is 1. The molecule has 1 fully saturated rings. The lowest BCUT2D eigenvalue weighted by Crippen LogP contribution is -2.15. The fraction of sp³-hybridized carbons (Fsp3) is 0.188. The molecular formula is C16H13F2N3O3. The van der Waals surface area contributed by atoms with Crippen LogP contribution in [0.1, 0.15) is 23.2 Å². The average molecular weight is 333 g/mol. The molecule has 0 saturated heterocycles. The minimum absolute atomic E-state index is 0.0642. The summed E-state index contributed by atoms with van der Waals surface area (Å²) < 4.78 is 27.2. The molecule has 24 heavy (non-hydrogen) atoms. The van der Waals surface area contributed by atoms with Crippen LogP contribution in [0.4, 0.5) is 25.8 Å². The van der Waals surface area contributed by atoms with Crippen molar-refractivity contribution >= 4 is 23.0 Å². The highest BCUT2D eigenvalue weighted by atomic mass is 19.1. The largest absolute Gasteiger partial charge is 0.377 e. The van der Waals surface area contributed by atoms with Crippen molar-refractivity contribution in [3.63, 3.8) is 0 Å². The normalized spacial score (nSPS) is 13.4. The summed E-state index contributed by atoms with van der Waals surface area (Å²) in [4.78, 5) is 22.7. The Morgan fingerprint density at radius 2 is 1.83 bits per heavy atom. The van der Waals surface area contributed by atoms with E-state index in [0.717, 1.165) is 31.0 Å². The topological polar surface area (TPSA) is 84.3 Å². The van der Waals surface area contributed by atoms with E-state index in [1.165, 1.54) is 18.2 Å². The smallest absolute Gasteiger partial charge is 0.293 e. The van der Waals surface area contributed by atoms with Gasteiger partial charge in [0.2, 0.25) is 0 Å². The maximum Gasteiger partial charge on any atom is 0.293 e. The van der Waals surface area contributed by atoms with E-state index in [9.17, 15) is 23.7 Å². The van der Waals surface area contributed by atoms with Gasteiger partial charge in [-0.15, -0.1) is 0 Å². The molecule has 1 amide bonds. The van der Waals surface area contributed by atoms with Gasteiger partial charge in [0, 0.05) is 17.7 Å². The van der Waals surface area contributed by atoms with Crippen molar-refractivity contribution < 1.29 is 18.5 Å². The summed E-state index contributed by atoms with van der Waals surface area (Å²) in [7, 11) is 0. The number of nitro benzene ring substituents is 1. The van der Waals surface area contributed by atoms with E-state index in [1.807, 2.05) is 0 Å². The number of hydrogen-bond donors (Lipinski definition) is 2. The first-order valence-electron chi connectivity index (χ1n) is 7.26. The molecule has 2 aromatic rings. The van der Waals surface area contributed by atoms with Crippen molar-refractivity contribution in [1.29, 1.82) is 0 Å². The molecule has 0 atom stereocenters. The molecule has 0 unspecified atom stereocenters. The number of carbonyl (C=O) groups excluding carboxylic acids is 1. The van der Waals surface area contributed by atoms with Gasteiger partial charge in [-0.25, -0.2) is 8.78 Å². The van der Waals surface area contributed by atoms with E-state index in [-0.39, 0.29) is 17.3 Å². The molecule has 1 aliphatic carbocycles. The summed E-state index contributed by atoms with van der Waals surface area (Å²) >= 11 is 0. The Labute approximate surface area is 135 Å². The molecule has 0 aromatic heterocycles. The average Bonchev–Trinajstić information content (AvgIpc) is 3.35. The molecule has 2 N–H and O–H groups in total. The Bertz CT molecular complexity index is 802. The molecule has 0 radical (unpaired) electrons. The van der Waals surface area contributed by atoms with Crippen molar-refractivity contribution in [2.24, 2.45) is 0 Å². The maximum atomic E-state index is 13.6. The second-order valence-corrected chi connectivity index (χ2v) is 5.46. The molecule has 2 aromatic carbocycles. The molecule has 3 rings (SSSR count).